The Balaban J connectivity index is 0.000000168. The third-order valence-corrected chi connectivity index (χ3v) is 12.9. The molecule has 0 saturated heterocycles. The molecular weight excluding hydrogens is 735 g/mol. The predicted octanol–water partition coefficient (Wildman–Crippen LogP) is 11.2. The molecule has 0 saturated carbocycles. The molecule has 0 fully saturated rings. The summed E-state index contributed by atoms with van der Waals surface area (Å²) >= 11 is 13.5. The van der Waals surface area contributed by atoms with Gasteiger partial charge in [0.05, 0.1) is 25.2 Å². The Morgan fingerprint density at radius 2 is 1.36 bits per heavy atom. The highest BCUT2D eigenvalue weighted by atomic mass is 79.9. The van der Waals surface area contributed by atoms with E-state index >= 15 is 0 Å². The molecule has 0 aliphatic carbocycles. The van der Waals surface area contributed by atoms with Crippen LogP contribution in [0.4, 0.5) is 10.0 Å². The third kappa shape index (κ3) is 9.00. The topological polar surface area (TPSA) is 54.2 Å². The fraction of sp³-hybridized carbons (Fsp3) is 0.258. The monoisotopic (exact) mass is 763 g/mol. The summed E-state index contributed by atoms with van der Waals surface area (Å²) in [5.41, 5.74) is -0.589. The smallest absolute Gasteiger partial charge is 0.336 e. The molecule has 0 spiro atoms. The number of hydrogen-bond donors (Lipinski definition) is 0. The fourth-order valence-electron chi connectivity index (χ4n) is 3.59. The lowest BCUT2D eigenvalue weighted by Crippen LogP contribution is -2.24. The Bertz CT molecular complexity index is 1880. The van der Waals surface area contributed by atoms with Crippen molar-refractivity contribution in [2.75, 3.05) is 38.0 Å². The molecule has 0 atom stereocenters. The molecule has 0 aliphatic heterocycles. The van der Waals surface area contributed by atoms with Crippen LogP contribution in [0.1, 0.15) is 35.3 Å². The molecule has 44 heavy (non-hydrogen) atoms. The number of halogens is 1. The van der Waals surface area contributed by atoms with Gasteiger partial charge in [0.1, 0.15) is 5.60 Å². The minimum absolute atomic E-state index is 0.0108. The number of anilines is 2. The Hall–Kier alpha value is -2.57. The zero-order valence-electron chi connectivity index (χ0n) is 25.1. The molecule has 0 aromatic carbocycles. The highest BCUT2D eigenvalue weighted by Crippen LogP contribution is 2.38. The summed E-state index contributed by atoms with van der Waals surface area (Å²) in [4.78, 5) is 31.6. The number of esters is 1. The van der Waals surface area contributed by atoms with Gasteiger partial charge in [-0.2, -0.15) is 0 Å². The molecule has 0 radical (unpaired) electrons. The van der Waals surface area contributed by atoms with Crippen LogP contribution < -0.4 is 9.80 Å². The van der Waals surface area contributed by atoms with Gasteiger partial charge in [-0.1, -0.05) is 0 Å². The van der Waals surface area contributed by atoms with Gasteiger partial charge in [-0.15, -0.1) is 68.0 Å². The third-order valence-electron chi connectivity index (χ3n) is 5.54. The number of thiophene rings is 6. The highest BCUT2D eigenvalue weighted by Gasteiger charge is 2.20. The van der Waals surface area contributed by atoms with E-state index in [2.05, 4.69) is 60.2 Å². The minimum Gasteiger partial charge on any atom is -0.465 e. The van der Waals surface area contributed by atoms with E-state index in [1.807, 2.05) is 40.3 Å². The second kappa shape index (κ2) is 14.7. The molecule has 6 aromatic heterocycles. The molecule has 6 rings (SSSR count). The molecule has 0 amide bonds. The molecule has 0 aliphatic rings. The maximum Gasteiger partial charge on any atom is 0.336 e. The van der Waals surface area contributed by atoms with Crippen molar-refractivity contribution < 1.29 is 14.3 Å². The number of nitrogens with zero attached hydrogens (tertiary/aromatic N) is 3. The first kappa shape index (κ1) is 34.3. The van der Waals surface area contributed by atoms with Crippen molar-refractivity contribution in [1.29, 1.82) is 0 Å². The second-order valence-corrected chi connectivity index (χ2v) is 18.4. The quantitative estimate of drug-likeness (QED) is 0.0757. The van der Waals surface area contributed by atoms with Crippen molar-refractivity contribution in [2.45, 2.75) is 26.4 Å². The highest BCUT2D eigenvalue weighted by molar-refractivity contribution is 9.11. The number of ether oxygens (including phenoxy) is 1. The van der Waals surface area contributed by atoms with Crippen LogP contribution in [0.3, 0.4) is 0 Å². The van der Waals surface area contributed by atoms with Crippen LogP contribution in [0.15, 0.2) is 51.3 Å². The Labute approximate surface area is 289 Å². The maximum atomic E-state index is 12.0. The first-order valence-corrected chi connectivity index (χ1v) is 18.8. The Morgan fingerprint density at radius 3 is 1.84 bits per heavy atom. The summed E-state index contributed by atoms with van der Waals surface area (Å²) < 4.78 is 14.0. The van der Waals surface area contributed by atoms with Crippen molar-refractivity contribution in [3.63, 3.8) is 0 Å². The van der Waals surface area contributed by atoms with E-state index in [1.54, 1.807) is 94.9 Å². The summed E-state index contributed by atoms with van der Waals surface area (Å²) in [5.74, 6) is -0.576. The van der Waals surface area contributed by atoms with Gasteiger partial charge < -0.3 is 14.5 Å². The van der Waals surface area contributed by atoms with Crippen LogP contribution in [0, 0.1) is 6.57 Å². The fourth-order valence-corrected chi connectivity index (χ4v) is 10.7. The van der Waals surface area contributed by atoms with Crippen molar-refractivity contribution in [3.05, 3.63) is 72.4 Å². The van der Waals surface area contributed by atoms with Crippen molar-refractivity contribution in [3.8, 4) is 0 Å². The number of hydrogen-bond acceptors (Lipinski definition) is 11. The van der Waals surface area contributed by atoms with Gasteiger partial charge in [0, 0.05) is 61.3 Å². The van der Waals surface area contributed by atoms with Gasteiger partial charge in [-0.25, -0.2) is 4.85 Å². The molecule has 13 heteroatoms. The molecule has 6 aromatic rings. The lowest BCUT2D eigenvalue weighted by atomic mass is 10.2. The van der Waals surface area contributed by atoms with Crippen LogP contribution in [0.5, 0.6) is 0 Å². The Kier molecular flexibility index (Phi) is 11.4. The molecule has 0 unspecified atom stereocenters. The van der Waals surface area contributed by atoms with E-state index in [0.717, 1.165) is 25.4 Å². The number of rotatable bonds is 5. The predicted molar refractivity (Wildman–Crippen MR) is 201 cm³/mol. The summed E-state index contributed by atoms with van der Waals surface area (Å²) in [7, 11) is 8.07. The van der Waals surface area contributed by atoms with E-state index in [1.165, 1.54) is 32.6 Å². The second-order valence-electron chi connectivity index (χ2n) is 10.7. The van der Waals surface area contributed by atoms with Gasteiger partial charge in [0.25, 0.3) is 5.70 Å². The molecule has 6 heterocycles. The zero-order valence-corrected chi connectivity index (χ0v) is 31.6. The molecule has 0 bridgehead atoms. The van der Waals surface area contributed by atoms with Gasteiger partial charge in [-0.05, 0) is 84.6 Å². The van der Waals surface area contributed by atoms with Crippen molar-refractivity contribution in [1.82, 2.24) is 0 Å². The van der Waals surface area contributed by atoms with Crippen molar-refractivity contribution in [2.24, 2.45) is 0 Å². The first-order valence-electron chi connectivity index (χ1n) is 13.1. The summed E-state index contributed by atoms with van der Waals surface area (Å²) in [6, 6.07) is 12.5. The van der Waals surface area contributed by atoms with Gasteiger partial charge in [0.15, 0.2) is 6.29 Å². The molecule has 230 valence electrons. The summed E-state index contributed by atoms with van der Waals surface area (Å²) in [6.45, 7) is 12.6. The molecule has 6 nitrogen and oxygen atoms in total. The summed E-state index contributed by atoms with van der Waals surface area (Å²) in [6.07, 6.45) is 2.51. The SMILES string of the molecule is Brc1cc2sccc2s1.CN(C)c1cc2sc(C=O)cc2s1.[C-]#[N+]/C(=C\c1cc2sc(N(C)C)cc2s1)C(=O)OC(C)(C)C. The number of aldehydes is 1. The number of fused-ring (bicyclic) bond motifs is 3. The van der Waals surface area contributed by atoms with Crippen LogP contribution in [-0.2, 0) is 9.53 Å². The molecular formula is C31H30BrN3O3S6. The zero-order chi connectivity index (χ0) is 32.2. The van der Waals surface area contributed by atoms with E-state index < -0.39 is 11.6 Å². The van der Waals surface area contributed by atoms with Gasteiger partial charge >= 0.3 is 5.97 Å². The average Bonchev–Trinajstić information content (AvgIpc) is 3.74. The van der Waals surface area contributed by atoms with Crippen LogP contribution in [0.2, 0.25) is 0 Å². The first-order chi connectivity index (χ1) is 20.8. The Morgan fingerprint density at radius 1 is 0.818 bits per heavy atom. The van der Waals surface area contributed by atoms with Crippen LogP contribution in [-0.4, -0.2) is 46.0 Å². The van der Waals surface area contributed by atoms with E-state index in [-0.39, 0.29) is 5.70 Å². The van der Waals surface area contributed by atoms with Gasteiger partial charge in [0.2, 0.25) is 0 Å². The molecule has 0 N–H and O–H groups in total. The summed E-state index contributed by atoms with van der Waals surface area (Å²) in [5, 5.41) is 4.54. The van der Waals surface area contributed by atoms with E-state index in [0.29, 0.717) is 0 Å². The van der Waals surface area contributed by atoms with E-state index in [4.69, 9.17) is 11.3 Å². The standard InChI is InChI=1S/C16H18N2O2S2.C9H9NOS2.C6H3BrS2/c1-16(2,3)20-15(19)11(17-4)7-10-8-12-13(21-10)9-14(22-12)18(5)6;1-10(2)9-4-8-7(13-9)3-6(5-11)12-8;7-6-3-5-4(9-6)1-2-8-5/h7-9H,1-3,5-6H3;3-5H,1-2H3;1-3H/b11-7-;;. The maximum absolute atomic E-state index is 12.0. The van der Waals surface area contributed by atoms with Gasteiger partial charge in [-0.3, -0.25) is 9.59 Å². The van der Waals surface area contributed by atoms with Crippen molar-refractivity contribution >= 4 is 140 Å². The lowest BCUT2D eigenvalue weighted by molar-refractivity contribution is -0.149. The largest absolute Gasteiger partial charge is 0.465 e. The number of carbonyl (C=O) groups excluding carboxylic acids is 2. The minimum atomic E-state index is -0.600. The average molecular weight is 765 g/mol. The van der Waals surface area contributed by atoms with Crippen LogP contribution >= 0.6 is 84.0 Å². The van der Waals surface area contributed by atoms with Crippen LogP contribution in [0.25, 0.3) is 39.1 Å². The number of carbonyl (C=O) groups is 2. The normalized spacial score (nSPS) is 11.5. The van der Waals surface area contributed by atoms with E-state index in [9.17, 15) is 9.59 Å². The lowest BCUT2D eigenvalue weighted by Gasteiger charge is -2.19.